The lowest BCUT2D eigenvalue weighted by molar-refractivity contribution is 0.0693. The number of hydrogen-bond donors (Lipinski definition) is 3. The average Bonchev–Trinajstić information content (AvgIpc) is 2.67. The molecule has 1 heterocycles. The number of amides is 2. The van der Waals surface area contributed by atoms with Crippen molar-refractivity contribution in [1.29, 1.82) is 0 Å². The van der Waals surface area contributed by atoms with E-state index < -0.39 is 39.3 Å². The molecular formula is C12H11FN2O5S. The third kappa shape index (κ3) is 3.57. The minimum absolute atomic E-state index is 0.218. The molecule has 3 N–H and O–H groups in total. The summed E-state index contributed by atoms with van der Waals surface area (Å²) in [6.45, 7) is 0. The van der Waals surface area contributed by atoms with Crippen molar-refractivity contribution < 1.29 is 27.5 Å². The van der Waals surface area contributed by atoms with Crippen LogP contribution in [0.5, 0.6) is 0 Å². The number of nitrogens with one attached hydrogen (secondary N) is 2. The second kappa shape index (κ2) is 5.52. The smallest absolute Gasteiger partial charge is 0.340 e. The molecule has 0 saturated carbocycles. The van der Waals surface area contributed by atoms with Crippen molar-refractivity contribution in [2.75, 3.05) is 11.1 Å². The third-order valence-corrected chi connectivity index (χ3v) is 4.12. The average molecular weight is 314 g/mol. The van der Waals surface area contributed by atoms with Crippen molar-refractivity contribution in [1.82, 2.24) is 5.32 Å². The van der Waals surface area contributed by atoms with Gasteiger partial charge in [0.05, 0.1) is 17.5 Å². The molecule has 0 fully saturated rings. The van der Waals surface area contributed by atoms with E-state index in [9.17, 15) is 22.4 Å². The number of halogens is 1. The zero-order valence-electron chi connectivity index (χ0n) is 10.5. The number of sulfone groups is 1. The highest BCUT2D eigenvalue weighted by Gasteiger charge is 2.24. The Morgan fingerprint density at radius 2 is 2.05 bits per heavy atom. The lowest BCUT2D eigenvalue weighted by atomic mass is 10.1. The fourth-order valence-electron chi connectivity index (χ4n) is 1.84. The van der Waals surface area contributed by atoms with Gasteiger partial charge in [-0.1, -0.05) is 6.07 Å². The molecule has 1 aromatic rings. The summed E-state index contributed by atoms with van der Waals surface area (Å²) >= 11 is 0. The van der Waals surface area contributed by atoms with E-state index in [4.69, 9.17) is 5.11 Å². The molecule has 9 heteroatoms. The number of benzene rings is 1. The van der Waals surface area contributed by atoms with Crippen molar-refractivity contribution in [2.45, 2.75) is 6.04 Å². The molecule has 1 aliphatic rings. The van der Waals surface area contributed by atoms with Crippen molar-refractivity contribution in [2.24, 2.45) is 0 Å². The SMILES string of the molecule is O=C(Nc1cccc(F)c1C(=O)O)NC1C=CS(=O)(=O)C1. The molecule has 1 aliphatic heterocycles. The van der Waals surface area contributed by atoms with Crippen LogP contribution < -0.4 is 10.6 Å². The van der Waals surface area contributed by atoms with Gasteiger partial charge in [0.2, 0.25) is 0 Å². The maximum absolute atomic E-state index is 13.4. The van der Waals surface area contributed by atoms with Gasteiger partial charge in [0.1, 0.15) is 11.4 Å². The van der Waals surface area contributed by atoms with Crippen LogP contribution in [0.3, 0.4) is 0 Å². The molecule has 0 aliphatic carbocycles. The van der Waals surface area contributed by atoms with Gasteiger partial charge < -0.3 is 15.7 Å². The number of carboxylic acid groups (broad SMARTS) is 1. The molecule has 0 spiro atoms. The lowest BCUT2D eigenvalue weighted by Gasteiger charge is -2.13. The highest BCUT2D eigenvalue weighted by Crippen LogP contribution is 2.19. The van der Waals surface area contributed by atoms with Gasteiger partial charge in [-0.3, -0.25) is 0 Å². The second-order valence-corrected chi connectivity index (χ2v) is 6.26. The van der Waals surface area contributed by atoms with Crippen molar-refractivity contribution in [3.05, 3.63) is 41.1 Å². The van der Waals surface area contributed by atoms with Crippen LogP contribution in [0.4, 0.5) is 14.9 Å². The Hall–Kier alpha value is -2.42. The first-order chi connectivity index (χ1) is 9.78. The minimum Gasteiger partial charge on any atom is -0.478 e. The molecule has 1 atom stereocenters. The molecule has 21 heavy (non-hydrogen) atoms. The molecular weight excluding hydrogens is 303 g/mol. The summed E-state index contributed by atoms with van der Waals surface area (Å²) in [5.41, 5.74) is -0.882. The van der Waals surface area contributed by atoms with Gasteiger partial charge in [0.25, 0.3) is 0 Å². The van der Waals surface area contributed by atoms with Crippen molar-refractivity contribution >= 4 is 27.5 Å². The van der Waals surface area contributed by atoms with E-state index in [0.717, 1.165) is 11.5 Å². The standard InChI is InChI=1S/C12H11FN2O5S/c13-8-2-1-3-9(10(8)11(16)17)15-12(18)14-7-4-5-21(19,20)6-7/h1-5,7H,6H2,(H,16,17)(H2,14,15,18). The second-order valence-electron chi connectivity index (χ2n) is 4.33. The van der Waals surface area contributed by atoms with E-state index in [-0.39, 0.29) is 11.4 Å². The topological polar surface area (TPSA) is 113 Å². The molecule has 112 valence electrons. The van der Waals surface area contributed by atoms with Crippen LogP contribution in [0.1, 0.15) is 10.4 Å². The summed E-state index contributed by atoms with van der Waals surface area (Å²) in [5, 5.41) is 14.4. The zero-order valence-corrected chi connectivity index (χ0v) is 11.4. The molecule has 0 saturated heterocycles. The molecule has 1 aromatic carbocycles. The molecule has 0 bridgehead atoms. The number of hydrogen-bond acceptors (Lipinski definition) is 4. The quantitative estimate of drug-likeness (QED) is 0.769. The molecule has 0 radical (unpaired) electrons. The normalized spacial score (nSPS) is 19.2. The number of aromatic carboxylic acids is 1. The Labute approximate surface area is 119 Å². The first-order valence-corrected chi connectivity index (χ1v) is 7.50. The zero-order chi connectivity index (χ0) is 15.6. The first-order valence-electron chi connectivity index (χ1n) is 5.79. The van der Waals surface area contributed by atoms with Gasteiger partial charge in [-0.2, -0.15) is 0 Å². The fourth-order valence-corrected chi connectivity index (χ4v) is 3.07. The minimum atomic E-state index is -3.32. The largest absolute Gasteiger partial charge is 0.478 e. The van der Waals surface area contributed by atoms with Crippen LogP contribution in [0.2, 0.25) is 0 Å². The van der Waals surface area contributed by atoms with Crippen LogP contribution in [0, 0.1) is 5.82 Å². The lowest BCUT2D eigenvalue weighted by Crippen LogP contribution is -2.38. The van der Waals surface area contributed by atoms with Crippen LogP contribution in [0.25, 0.3) is 0 Å². The Morgan fingerprint density at radius 1 is 1.33 bits per heavy atom. The fraction of sp³-hybridized carbons (Fsp3) is 0.167. The predicted molar refractivity (Wildman–Crippen MR) is 72.2 cm³/mol. The maximum Gasteiger partial charge on any atom is 0.340 e. The Bertz CT molecular complexity index is 729. The third-order valence-electron chi connectivity index (χ3n) is 2.72. The number of carbonyl (C=O) groups excluding carboxylic acids is 1. The van der Waals surface area contributed by atoms with E-state index in [1.54, 1.807) is 0 Å². The number of carbonyl (C=O) groups is 2. The summed E-state index contributed by atoms with van der Waals surface area (Å²) in [4.78, 5) is 22.7. The summed E-state index contributed by atoms with van der Waals surface area (Å²) in [6.07, 6.45) is 1.30. The predicted octanol–water partition coefficient (Wildman–Crippen LogP) is 0.956. The van der Waals surface area contributed by atoms with Crippen molar-refractivity contribution in [3.63, 3.8) is 0 Å². The maximum atomic E-state index is 13.4. The molecule has 7 nitrogen and oxygen atoms in total. The first kappa shape index (κ1) is 15.0. The number of anilines is 1. The number of rotatable bonds is 3. The van der Waals surface area contributed by atoms with Gasteiger partial charge in [0, 0.05) is 5.41 Å². The van der Waals surface area contributed by atoms with Gasteiger partial charge >= 0.3 is 12.0 Å². The summed E-state index contributed by atoms with van der Waals surface area (Å²) in [6, 6.07) is 1.90. The van der Waals surface area contributed by atoms with E-state index in [0.29, 0.717) is 0 Å². The van der Waals surface area contributed by atoms with Crippen molar-refractivity contribution in [3.8, 4) is 0 Å². The van der Waals surface area contributed by atoms with Gasteiger partial charge in [-0.05, 0) is 18.2 Å². The summed E-state index contributed by atoms with van der Waals surface area (Å²) in [7, 11) is -3.32. The van der Waals surface area contributed by atoms with Crippen LogP contribution in [-0.2, 0) is 9.84 Å². The summed E-state index contributed by atoms with van der Waals surface area (Å²) < 4.78 is 35.8. The van der Waals surface area contributed by atoms with Crippen LogP contribution in [-0.4, -0.2) is 37.3 Å². The van der Waals surface area contributed by atoms with E-state index in [1.807, 2.05) is 0 Å². The Balaban J connectivity index is 2.09. The highest BCUT2D eigenvalue weighted by atomic mass is 32.2. The summed E-state index contributed by atoms with van der Waals surface area (Å²) in [5.74, 6) is -2.77. The molecule has 0 aromatic heterocycles. The van der Waals surface area contributed by atoms with Gasteiger partial charge in [-0.25, -0.2) is 22.4 Å². The number of carboxylic acids is 1. The van der Waals surface area contributed by atoms with Crippen LogP contribution >= 0.6 is 0 Å². The highest BCUT2D eigenvalue weighted by molar-refractivity contribution is 7.94. The Kier molecular flexibility index (Phi) is 3.94. The van der Waals surface area contributed by atoms with Crippen LogP contribution in [0.15, 0.2) is 29.7 Å². The van der Waals surface area contributed by atoms with E-state index in [2.05, 4.69) is 10.6 Å². The Morgan fingerprint density at radius 3 is 2.62 bits per heavy atom. The molecule has 1 unspecified atom stereocenters. The number of urea groups is 1. The molecule has 2 amide bonds. The van der Waals surface area contributed by atoms with E-state index in [1.165, 1.54) is 18.2 Å². The molecule has 2 rings (SSSR count). The van der Waals surface area contributed by atoms with Gasteiger partial charge in [-0.15, -0.1) is 0 Å². The monoisotopic (exact) mass is 314 g/mol. The van der Waals surface area contributed by atoms with Gasteiger partial charge in [0.15, 0.2) is 9.84 Å². The van der Waals surface area contributed by atoms with E-state index >= 15 is 0 Å².